The van der Waals surface area contributed by atoms with Gasteiger partial charge in [-0.1, -0.05) is 17.7 Å². The molecule has 0 aliphatic rings. The third-order valence-electron chi connectivity index (χ3n) is 2.89. The van der Waals surface area contributed by atoms with E-state index in [4.69, 9.17) is 16.8 Å². The first-order valence-electron chi connectivity index (χ1n) is 5.83. The molecule has 0 aliphatic carbocycles. The van der Waals surface area contributed by atoms with E-state index >= 15 is 0 Å². The van der Waals surface area contributed by atoms with Crippen LogP contribution in [0.4, 0.5) is 11.4 Å². The van der Waals surface area contributed by atoms with Crippen molar-refractivity contribution in [3.63, 3.8) is 0 Å². The fourth-order valence-electron chi connectivity index (χ4n) is 1.71. The summed E-state index contributed by atoms with van der Waals surface area (Å²) < 4.78 is 26.0. The predicted molar refractivity (Wildman–Crippen MR) is 81.1 cm³/mol. The van der Waals surface area contributed by atoms with Crippen molar-refractivity contribution in [3.05, 3.63) is 58.8 Å². The number of halogens is 1. The zero-order valence-electron chi connectivity index (χ0n) is 11.0. The molecule has 0 unspecified atom stereocenters. The summed E-state index contributed by atoms with van der Waals surface area (Å²) in [6.45, 7) is 0. The van der Waals surface area contributed by atoms with Gasteiger partial charge in [0, 0.05) is 12.1 Å². The summed E-state index contributed by atoms with van der Waals surface area (Å²) in [5.74, 6) is 0. The molecular formula is C13H12ClN2O4S-. The number of hydrogen-bond acceptors (Lipinski definition) is 5. The van der Waals surface area contributed by atoms with Crippen LogP contribution in [0, 0.1) is 5.21 Å². The third-order valence-corrected chi connectivity index (χ3v) is 4.92. The van der Waals surface area contributed by atoms with E-state index in [1.54, 1.807) is 24.3 Å². The summed E-state index contributed by atoms with van der Waals surface area (Å²) in [7, 11) is -2.46. The maximum absolute atomic E-state index is 12.5. The normalized spacial score (nSPS) is 11.2. The molecule has 0 amide bonds. The van der Waals surface area contributed by atoms with Crippen LogP contribution in [0.2, 0.25) is 5.02 Å². The van der Waals surface area contributed by atoms with Crippen LogP contribution in [0.25, 0.3) is 0 Å². The Balaban J connectivity index is 2.41. The Hall–Kier alpha value is -1.80. The molecule has 21 heavy (non-hydrogen) atoms. The molecule has 0 fully saturated rings. The molecule has 2 rings (SSSR count). The van der Waals surface area contributed by atoms with E-state index in [1.807, 2.05) is 0 Å². The minimum Gasteiger partial charge on any atom is -0.733 e. The third kappa shape index (κ3) is 3.27. The molecule has 0 aliphatic heterocycles. The van der Waals surface area contributed by atoms with Gasteiger partial charge in [0.25, 0.3) is 10.0 Å². The van der Waals surface area contributed by atoms with Gasteiger partial charge in [0.15, 0.2) is 0 Å². The van der Waals surface area contributed by atoms with Gasteiger partial charge in [0.05, 0.1) is 16.3 Å². The lowest BCUT2D eigenvalue weighted by Crippen LogP contribution is -2.26. The molecule has 0 aromatic heterocycles. The summed E-state index contributed by atoms with van der Waals surface area (Å²) in [6, 6.07) is 11.4. The Bertz CT molecular complexity index is 732. The second-order valence-electron chi connectivity index (χ2n) is 4.22. The molecule has 2 aromatic carbocycles. The maximum atomic E-state index is 12.5. The van der Waals surface area contributed by atoms with Crippen molar-refractivity contribution in [2.45, 2.75) is 4.90 Å². The van der Waals surface area contributed by atoms with E-state index in [0.717, 1.165) is 10.4 Å². The summed E-state index contributed by atoms with van der Waals surface area (Å²) in [5.41, 5.74) is 0.258. The van der Waals surface area contributed by atoms with Gasteiger partial charge < -0.3 is 10.4 Å². The first kappa shape index (κ1) is 15.6. The lowest BCUT2D eigenvalue weighted by Gasteiger charge is -2.23. The van der Waals surface area contributed by atoms with Crippen molar-refractivity contribution in [1.29, 1.82) is 0 Å². The van der Waals surface area contributed by atoms with Crippen molar-refractivity contribution < 1.29 is 13.6 Å². The van der Waals surface area contributed by atoms with Crippen LogP contribution in [-0.2, 0) is 10.0 Å². The van der Waals surface area contributed by atoms with Gasteiger partial charge in [0.1, 0.15) is 0 Å². The van der Waals surface area contributed by atoms with E-state index < -0.39 is 10.0 Å². The van der Waals surface area contributed by atoms with Crippen LogP contribution >= 0.6 is 11.6 Å². The standard InChI is InChI=1S/C13H12ClN2O4S/c1-15(11-7-5-10(14)6-8-11)21(19,20)13-4-2-3-12(9-13)16(17)18/h2-9,17H,1H3/q-1. The van der Waals surface area contributed by atoms with Gasteiger partial charge in [0.2, 0.25) is 0 Å². The largest absolute Gasteiger partial charge is 0.733 e. The van der Waals surface area contributed by atoms with Crippen LogP contribution in [0.15, 0.2) is 53.4 Å². The molecular weight excluding hydrogens is 316 g/mol. The van der Waals surface area contributed by atoms with Gasteiger partial charge in [-0.05, 0) is 42.5 Å². The van der Waals surface area contributed by atoms with Crippen molar-refractivity contribution in [1.82, 2.24) is 0 Å². The molecule has 0 bridgehead atoms. The molecule has 0 atom stereocenters. The number of sulfonamides is 1. The quantitative estimate of drug-likeness (QED) is 0.873. The van der Waals surface area contributed by atoms with Gasteiger partial charge in [-0.3, -0.25) is 9.51 Å². The smallest absolute Gasteiger partial charge is 0.264 e. The average molecular weight is 328 g/mol. The number of hydrogen-bond donors (Lipinski definition) is 1. The highest BCUT2D eigenvalue weighted by atomic mass is 35.5. The fraction of sp³-hybridized carbons (Fsp3) is 0.0769. The Morgan fingerprint density at radius 1 is 1.10 bits per heavy atom. The molecule has 0 spiro atoms. The molecule has 6 nitrogen and oxygen atoms in total. The first-order valence-corrected chi connectivity index (χ1v) is 7.65. The predicted octanol–water partition coefficient (Wildman–Crippen LogP) is 2.86. The van der Waals surface area contributed by atoms with Gasteiger partial charge in [-0.25, -0.2) is 8.42 Å². The van der Waals surface area contributed by atoms with E-state index in [1.165, 1.54) is 25.2 Å². The molecule has 2 aromatic rings. The second kappa shape index (κ2) is 5.90. The van der Waals surface area contributed by atoms with E-state index in [2.05, 4.69) is 0 Å². The summed E-state index contributed by atoms with van der Waals surface area (Å²) in [4.78, 5) is -0.104. The Kier molecular flexibility index (Phi) is 4.38. The number of rotatable bonds is 4. The van der Waals surface area contributed by atoms with Crippen LogP contribution in [0.3, 0.4) is 0 Å². The molecule has 8 heteroatoms. The van der Waals surface area contributed by atoms with Crippen molar-refractivity contribution >= 4 is 33.0 Å². The van der Waals surface area contributed by atoms with Crippen molar-refractivity contribution in [3.8, 4) is 0 Å². The Morgan fingerprint density at radius 2 is 1.71 bits per heavy atom. The lowest BCUT2D eigenvalue weighted by molar-refractivity contribution is 0.296. The Morgan fingerprint density at radius 3 is 2.29 bits per heavy atom. The van der Waals surface area contributed by atoms with E-state index in [-0.39, 0.29) is 15.8 Å². The number of nitrogens with zero attached hydrogens (tertiary/aromatic N) is 2. The van der Waals surface area contributed by atoms with Gasteiger partial charge in [-0.2, -0.15) is 0 Å². The second-order valence-corrected chi connectivity index (χ2v) is 6.62. The van der Waals surface area contributed by atoms with Crippen LogP contribution < -0.4 is 9.53 Å². The van der Waals surface area contributed by atoms with E-state index in [9.17, 15) is 13.6 Å². The molecule has 0 radical (unpaired) electrons. The Labute approximate surface area is 127 Å². The molecule has 0 heterocycles. The highest BCUT2D eigenvalue weighted by Gasteiger charge is 2.21. The SMILES string of the molecule is CN(c1ccc(Cl)cc1)S(=O)(=O)c1cccc(N([O-])O)c1. The zero-order chi connectivity index (χ0) is 15.6. The monoisotopic (exact) mass is 327 g/mol. The van der Waals surface area contributed by atoms with Gasteiger partial charge >= 0.3 is 0 Å². The minimum atomic E-state index is -3.85. The first-order chi connectivity index (χ1) is 9.82. The average Bonchev–Trinajstić information content (AvgIpc) is 2.47. The highest BCUT2D eigenvalue weighted by Crippen LogP contribution is 2.25. The fourth-order valence-corrected chi connectivity index (χ4v) is 3.07. The van der Waals surface area contributed by atoms with Crippen LogP contribution in [0.1, 0.15) is 0 Å². The van der Waals surface area contributed by atoms with E-state index in [0.29, 0.717) is 10.7 Å². The van der Waals surface area contributed by atoms with Crippen molar-refractivity contribution in [2.75, 3.05) is 16.6 Å². The van der Waals surface area contributed by atoms with Gasteiger partial charge in [-0.15, -0.1) is 0 Å². The van der Waals surface area contributed by atoms with Crippen LogP contribution in [-0.4, -0.2) is 20.7 Å². The minimum absolute atomic E-state index is 0.104. The van der Waals surface area contributed by atoms with Crippen molar-refractivity contribution in [2.24, 2.45) is 0 Å². The molecule has 1 N–H and O–H groups in total. The number of anilines is 2. The highest BCUT2D eigenvalue weighted by molar-refractivity contribution is 7.92. The maximum Gasteiger partial charge on any atom is 0.264 e. The molecule has 0 saturated carbocycles. The molecule has 0 saturated heterocycles. The lowest BCUT2D eigenvalue weighted by atomic mass is 10.3. The van der Waals surface area contributed by atoms with Crippen LogP contribution in [0.5, 0.6) is 0 Å². The topological polar surface area (TPSA) is 83.9 Å². The summed E-state index contributed by atoms with van der Waals surface area (Å²) in [6.07, 6.45) is 0. The molecule has 112 valence electrons. The summed E-state index contributed by atoms with van der Waals surface area (Å²) in [5, 5.41) is 19.8. The zero-order valence-corrected chi connectivity index (χ0v) is 12.5. The summed E-state index contributed by atoms with van der Waals surface area (Å²) >= 11 is 5.77. The number of benzene rings is 2.